The SMILES string of the molecule is O=C(Nc1ccc(Br)cn1)c1cccc(C(=O)Nc2ccc(Br)cn2)n1. The van der Waals surface area contributed by atoms with Gasteiger partial charge < -0.3 is 10.6 Å². The molecule has 0 aliphatic rings. The van der Waals surface area contributed by atoms with Crippen LogP contribution in [0.4, 0.5) is 11.6 Å². The van der Waals surface area contributed by atoms with Crippen LogP contribution in [-0.4, -0.2) is 26.8 Å². The molecule has 9 heteroatoms. The average Bonchev–Trinajstić information content (AvgIpc) is 2.65. The molecular weight excluding hydrogens is 466 g/mol. The van der Waals surface area contributed by atoms with Crippen LogP contribution in [0.2, 0.25) is 0 Å². The molecule has 2 N–H and O–H groups in total. The number of anilines is 2. The summed E-state index contributed by atoms with van der Waals surface area (Å²) in [5, 5.41) is 5.25. The molecule has 0 atom stereocenters. The van der Waals surface area contributed by atoms with Crippen LogP contribution in [0.5, 0.6) is 0 Å². The third kappa shape index (κ3) is 4.70. The molecule has 0 fully saturated rings. The summed E-state index contributed by atoms with van der Waals surface area (Å²) in [6.07, 6.45) is 3.14. The fraction of sp³-hybridized carbons (Fsp3) is 0. The summed E-state index contributed by atoms with van der Waals surface area (Å²) in [6, 6.07) is 11.4. The number of amides is 2. The van der Waals surface area contributed by atoms with E-state index in [-0.39, 0.29) is 11.4 Å². The second-order valence-electron chi connectivity index (χ2n) is 5.04. The molecule has 0 bridgehead atoms. The van der Waals surface area contributed by atoms with Crippen molar-refractivity contribution in [3.05, 3.63) is 75.2 Å². The molecule has 0 aliphatic heterocycles. The van der Waals surface area contributed by atoms with E-state index in [2.05, 4.69) is 57.4 Å². The van der Waals surface area contributed by atoms with E-state index < -0.39 is 11.8 Å². The number of hydrogen-bond acceptors (Lipinski definition) is 5. The molecule has 3 aromatic heterocycles. The fourth-order valence-electron chi connectivity index (χ4n) is 1.95. The van der Waals surface area contributed by atoms with Crippen molar-refractivity contribution in [3.63, 3.8) is 0 Å². The average molecular weight is 477 g/mol. The summed E-state index contributed by atoms with van der Waals surface area (Å²) in [5.41, 5.74) is 0.206. The van der Waals surface area contributed by atoms with Crippen LogP contribution in [0, 0.1) is 0 Å². The minimum Gasteiger partial charge on any atom is -0.305 e. The van der Waals surface area contributed by atoms with Gasteiger partial charge in [0, 0.05) is 21.3 Å². The number of nitrogens with one attached hydrogen (secondary N) is 2. The molecule has 130 valence electrons. The molecule has 0 aliphatic carbocycles. The first-order chi connectivity index (χ1) is 12.5. The van der Waals surface area contributed by atoms with Crippen LogP contribution in [-0.2, 0) is 0 Å². The highest BCUT2D eigenvalue weighted by Crippen LogP contribution is 2.13. The van der Waals surface area contributed by atoms with Gasteiger partial charge in [0.05, 0.1) is 0 Å². The smallest absolute Gasteiger partial charge is 0.275 e. The van der Waals surface area contributed by atoms with Crippen molar-refractivity contribution in [1.29, 1.82) is 0 Å². The van der Waals surface area contributed by atoms with Crippen molar-refractivity contribution in [3.8, 4) is 0 Å². The quantitative estimate of drug-likeness (QED) is 0.595. The van der Waals surface area contributed by atoms with E-state index >= 15 is 0 Å². The standard InChI is InChI=1S/C17H11Br2N5O2/c18-10-4-6-14(20-8-10)23-16(25)12-2-1-3-13(22-12)17(26)24-15-7-5-11(19)9-21-15/h1-9H,(H,20,23,25)(H,21,24,26). The molecule has 3 aromatic rings. The zero-order chi connectivity index (χ0) is 18.5. The molecule has 3 heterocycles. The van der Waals surface area contributed by atoms with E-state index in [1.807, 2.05) is 0 Å². The third-order valence-corrected chi connectivity index (χ3v) is 4.09. The molecule has 0 unspecified atom stereocenters. The van der Waals surface area contributed by atoms with E-state index in [9.17, 15) is 9.59 Å². The lowest BCUT2D eigenvalue weighted by molar-refractivity contribution is 0.101. The Balaban J connectivity index is 1.72. The Morgan fingerprint density at radius 3 is 1.58 bits per heavy atom. The lowest BCUT2D eigenvalue weighted by Gasteiger charge is -2.07. The molecule has 7 nitrogen and oxygen atoms in total. The number of hydrogen-bond donors (Lipinski definition) is 2. The topological polar surface area (TPSA) is 96.9 Å². The largest absolute Gasteiger partial charge is 0.305 e. The predicted molar refractivity (Wildman–Crippen MR) is 104 cm³/mol. The van der Waals surface area contributed by atoms with Gasteiger partial charge in [-0.2, -0.15) is 0 Å². The van der Waals surface area contributed by atoms with Crippen molar-refractivity contribution < 1.29 is 9.59 Å². The van der Waals surface area contributed by atoms with Crippen LogP contribution in [0.1, 0.15) is 21.0 Å². The maximum absolute atomic E-state index is 12.3. The summed E-state index contributed by atoms with van der Waals surface area (Å²) < 4.78 is 1.60. The highest BCUT2D eigenvalue weighted by Gasteiger charge is 2.13. The summed E-state index contributed by atoms with van der Waals surface area (Å²) >= 11 is 6.55. The number of pyridine rings is 3. The number of aromatic nitrogens is 3. The lowest BCUT2D eigenvalue weighted by atomic mass is 10.2. The third-order valence-electron chi connectivity index (χ3n) is 3.15. The van der Waals surface area contributed by atoms with Gasteiger partial charge in [0.2, 0.25) is 0 Å². The summed E-state index contributed by atoms with van der Waals surface area (Å²) in [5.74, 6) is -0.157. The highest BCUT2D eigenvalue weighted by atomic mass is 79.9. The van der Waals surface area contributed by atoms with Crippen LogP contribution in [0.15, 0.2) is 63.8 Å². The van der Waals surface area contributed by atoms with Crippen molar-refractivity contribution in [2.24, 2.45) is 0 Å². The van der Waals surface area contributed by atoms with Crippen molar-refractivity contribution >= 4 is 55.3 Å². The Morgan fingerprint density at radius 1 is 0.731 bits per heavy atom. The minimum absolute atomic E-state index is 0.103. The molecular formula is C17H11Br2N5O2. The maximum Gasteiger partial charge on any atom is 0.275 e. The fourth-order valence-corrected chi connectivity index (χ4v) is 2.42. The van der Waals surface area contributed by atoms with Gasteiger partial charge in [0.15, 0.2) is 0 Å². The molecule has 0 spiro atoms. The lowest BCUT2D eigenvalue weighted by Crippen LogP contribution is -2.19. The van der Waals surface area contributed by atoms with E-state index in [0.29, 0.717) is 11.6 Å². The zero-order valence-electron chi connectivity index (χ0n) is 13.1. The first-order valence-corrected chi connectivity index (χ1v) is 8.93. The molecule has 0 aromatic carbocycles. The molecule has 3 rings (SSSR count). The summed E-state index contributed by atoms with van der Waals surface area (Å²) in [7, 11) is 0. The van der Waals surface area contributed by atoms with Crippen LogP contribution >= 0.6 is 31.9 Å². The summed E-state index contributed by atoms with van der Waals surface area (Å²) in [4.78, 5) is 36.8. The van der Waals surface area contributed by atoms with Crippen molar-refractivity contribution in [2.75, 3.05) is 10.6 Å². The van der Waals surface area contributed by atoms with E-state index in [0.717, 1.165) is 8.95 Å². The van der Waals surface area contributed by atoms with Crippen LogP contribution < -0.4 is 10.6 Å². The van der Waals surface area contributed by atoms with Crippen LogP contribution in [0.25, 0.3) is 0 Å². The van der Waals surface area contributed by atoms with Gasteiger partial charge in [-0.15, -0.1) is 0 Å². The number of halogens is 2. The Morgan fingerprint density at radius 2 is 1.19 bits per heavy atom. The maximum atomic E-state index is 12.3. The minimum atomic E-state index is -0.462. The first-order valence-electron chi connectivity index (χ1n) is 7.34. The normalized spacial score (nSPS) is 10.2. The monoisotopic (exact) mass is 475 g/mol. The van der Waals surface area contributed by atoms with Gasteiger partial charge in [-0.25, -0.2) is 15.0 Å². The van der Waals surface area contributed by atoms with E-state index in [1.165, 1.54) is 12.1 Å². The van der Waals surface area contributed by atoms with Gasteiger partial charge in [-0.3, -0.25) is 9.59 Å². The highest BCUT2D eigenvalue weighted by molar-refractivity contribution is 9.10. The molecule has 26 heavy (non-hydrogen) atoms. The Kier molecular flexibility index (Phi) is 5.69. The van der Waals surface area contributed by atoms with Crippen molar-refractivity contribution in [1.82, 2.24) is 15.0 Å². The van der Waals surface area contributed by atoms with Gasteiger partial charge in [-0.1, -0.05) is 6.07 Å². The number of carbonyl (C=O) groups excluding carboxylic acids is 2. The number of nitrogens with zero attached hydrogens (tertiary/aromatic N) is 3. The Hall–Kier alpha value is -2.65. The second kappa shape index (κ2) is 8.15. The second-order valence-corrected chi connectivity index (χ2v) is 6.87. The Labute approximate surface area is 165 Å². The zero-order valence-corrected chi connectivity index (χ0v) is 16.3. The van der Waals surface area contributed by atoms with Gasteiger partial charge >= 0.3 is 0 Å². The number of rotatable bonds is 4. The van der Waals surface area contributed by atoms with Gasteiger partial charge in [-0.05, 0) is 68.3 Å². The van der Waals surface area contributed by atoms with Gasteiger partial charge in [0.25, 0.3) is 11.8 Å². The molecule has 2 amide bonds. The molecule has 0 saturated carbocycles. The van der Waals surface area contributed by atoms with E-state index in [4.69, 9.17) is 0 Å². The number of carbonyl (C=O) groups is 2. The Bertz CT molecular complexity index is 871. The van der Waals surface area contributed by atoms with Gasteiger partial charge in [0.1, 0.15) is 23.0 Å². The van der Waals surface area contributed by atoms with Crippen molar-refractivity contribution in [2.45, 2.75) is 0 Å². The molecule has 0 saturated heterocycles. The summed E-state index contributed by atoms with van der Waals surface area (Å²) in [6.45, 7) is 0. The van der Waals surface area contributed by atoms with E-state index in [1.54, 1.807) is 42.7 Å². The predicted octanol–water partition coefficient (Wildman–Crippen LogP) is 3.90. The first kappa shape index (κ1) is 18.2. The van der Waals surface area contributed by atoms with Crippen LogP contribution in [0.3, 0.4) is 0 Å². The molecule has 0 radical (unpaired) electrons.